The van der Waals surface area contributed by atoms with Crippen LogP contribution in [0.25, 0.3) is 11.3 Å². The molecule has 0 unspecified atom stereocenters. The maximum Gasteiger partial charge on any atom is 0.273 e. The van der Waals surface area contributed by atoms with Crippen molar-refractivity contribution >= 4 is 29.4 Å². The normalized spacial score (nSPS) is 10.8. The highest BCUT2D eigenvalue weighted by atomic mass is 16.6. The molecule has 31 heavy (non-hydrogen) atoms. The second-order valence-electron chi connectivity index (χ2n) is 6.86. The molecule has 0 atom stereocenters. The standard InChI is InChI=1S/C22H20N4O5/c1-13-9-17(11-20(14(13)2)26(29)30)21-8-7-19(31-21)12-23-25-22(28)16-5-4-6-18(10-16)24-15(3)27/h4-12H,1-3H3,(H,24,27)(H,25,28). The molecule has 0 aliphatic rings. The summed E-state index contributed by atoms with van der Waals surface area (Å²) in [5.41, 5.74) is 5.20. The molecule has 0 aliphatic carbocycles. The zero-order valence-corrected chi connectivity index (χ0v) is 17.1. The van der Waals surface area contributed by atoms with Crippen LogP contribution in [-0.4, -0.2) is 23.0 Å². The van der Waals surface area contributed by atoms with Gasteiger partial charge in [-0.25, -0.2) is 5.43 Å². The van der Waals surface area contributed by atoms with Crippen molar-refractivity contribution in [1.29, 1.82) is 0 Å². The molecular weight excluding hydrogens is 400 g/mol. The zero-order valence-electron chi connectivity index (χ0n) is 17.1. The summed E-state index contributed by atoms with van der Waals surface area (Å²) in [4.78, 5) is 34.2. The van der Waals surface area contributed by atoms with Gasteiger partial charge in [0.25, 0.3) is 11.6 Å². The quantitative estimate of drug-likeness (QED) is 0.351. The Hall–Kier alpha value is -4.27. The van der Waals surface area contributed by atoms with E-state index >= 15 is 0 Å². The minimum atomic E-state index is -0.458. The number of nitrogens with one attached hydrogen (secondary N) is 2. The molecule has 0 spiro atoms. The number of furan rings is 1. The topological polar surface area (TPSA) is 127 Å². The monoisotopic (exact) mass is 420 g/mol. The molecule has 9 nitrogen and oxygen atoms in total. The molecular formula is C22H20N4O5. The first kappa shape index (κ1) is 21.4. The lowest BCUT2D eigenvalue weighted by Gasteiger charge is -2.05. The van der Waals surface area contributed by atoms with E-state index in [0.29, 0.717) is 33.9 Å². The van der Waals surface area contributed by atoms with Crippen molar-refractivity contribution in [3.63, 3.8) is 0 Å². The Labute approximate surface area is 177 Å². The average Bonchev–Trinajstić information content (AvgIpc) is 3.18. The summed E-state index contributed by atoms with van der Waals surface area (Å²) < 4.78 is 5.68. The maximum atomic E-state index is 12.2. The molecule has 2 aromatic carbocycles. The number of hydrogen-bond acceptors (Lipinski definition) is 6. The van der Waals surface area contributed by atoms with Gasteiger partial charge in [0, 0.05) is 35.4 Å². The number of carbonyl (C=O) groups is 2. The van der Waals surface area contributed by atoms with Gasteiger partial charge in [-0.1, -0.05) is 6.07 Å². The van der Waals surface area contributed by atoms with E-state index in [1.165, 1.54) is 25.3 Å². The third kappa shape index (κ3) is 5.21. The number of carbonyl (C=O) groups excluding carboxylic acids is 2. The molecule has 1 heterocycles. The van der Waals surface area contributed by atoms with Gasteiger partial charge in [0.05, 0.1) is 11.1 Å². The van der Waals surface area contributed by atoms with E-state index in [1.54, 1.807) is 44.2 Å². The minimum Gasteiger partial charge on any atom is -0.455 e. The molecule has 2 amide bonds. The molecule has 0 aliphatic heterocycles. The van der Waals surface area contributed by atoms with Crippen molar-refractivity contribution in [2.24, 2.45) is 5.10 Å². The summed E-state index contributed by atoms with van der Waals surface area (Å²) in [6.07, 6.45) is 1.33. The van der Waals surface area contributed by atoms with Gasteiger partial charge < -0.3 is 9.73 Å². The van der Waals surface area contributed by atoms with Gasteiger partial charge in [0.1, 0.15) is 11.5 Å². The first-order valence-corrected chi connectivity index (χ1v) is 9.31. The largest absolute Gasteiger partial charge is 0.455 e. The van der Waals surface area contributed by atoms with Gasteiger partial charge in [-0.3, -0.25) is 19.7 Å². The maximum absolute atomic E-state index is 12.2. The van der Waals surface area contributed by atoms with Gasteiger partial charge >= 0.3 is 0 Å². The van der Waals surface area contributed by atoms with Gasteiger partial charge in [-0.15, -0.1) is 0 Å². The number of amides is 2. The number of anilines is 1. The van der Waals surface area contributed by atoms with Gasteiger partial charge in [-0.2, -0.15) is 5.10 Å². The predicted octanol–water partition coefficient (Wildman–Crippen LogP) is 4.19. The van der Waals surface area contributed by atoms with Crippen molar-refractivity contribution in [3.8, 4) is 11.3 Å². The van der Waals surface area contributed by atoms with Crippen LogP contribution in [-0.2, 0) is 4.79 Å². The van der Waals surface area contributed by atoms with E-state index in [2.05, 4.69) is 15.8 Å². The van der Waals surface area contributed by atoms with Crippen molar-refractivity contribution < 1.29 is 18.9 Å². The lowest BCUT2D eigenvalue weighted by Crippen LogP contribution is -2.18. The Morgan fingerprint density at radius 2 is 1.90 bits per heavy atom. The third-order valence-corrected chi connectivity index (χ3v) is 4.55. The van der Waals surface area contributed by atoms with Crippen LogP contribution in [0.15, 0.2) is 58.0 Å². The Balaban J connectivity index is 1.71. The fourth-order valence-electron chi connectivity index (χ4n) is 2.91. The predicted molar refractivity (Wildman–Crippen MR) is 116 cm³/mol. The zero-order chi connectivity index (χ0) is 22.5. The van der Waals surface area contributed by atoms with Crippen LogP contribution < -0.4 is 10.7 Å². The molecule has 0 saturated heterocycles. The SMILES string of the molecule is CC(=O)Nc1cccc(C(=O)NN=Cc2ccc(-c3cc(C)c(C)c([N+](=O)[O-])c3)o2)c1. The molecule has 0 saturated carbocycles. The molecule has 9 heteroatoms. The summed E-state index contributed by atoms with van der Waals surface area (Å²) in [6.45, 7) is 4.88. The second kappa shape index (κ2) is 9.04. The van der Waals surface area contributed by atoms with Gasteiger partial charge in [0.2, 0.25) is 5.91 Å². The van der Waals surface area contributed by atoms with E-state index in [1.807, 2.05) is 6.07 Å². The van der Waals surface area contributed by atoms with Gasteiger partial charge in [-0.05, 0) is 55.8 Å². The fourth-order valence-corrected chi connectivity index (χ4v) is 2.91. The lowest BCUT2D eigenvalue weighted by atomic mass is 10.0. The molecule has 0 fully saturated rings. The third-order valence-electron chi connectivity index (χ3n) is 4.55. The Morgan fingerprint density at radius 3 is 2.61 bits per heavy atom. The number of nitrogens with zero attached hydrogens (tertiary/aromatic N) is 2. The van der Waals surface area contributed by atoms with E-state index < -0.39 is 10.8 Å². The van der Waals surface area contributed by atoms with E-state index in [4.69, 9.17) is 4.42 Å². The number of hydrazone groups is 1. The van der Waals surface area contributed by atoms with Crippen LogP contribution in [0.3, 0.4) is 0 Å². The minimum absolute atomic E-state index is 0.0235. The number of nitro groups is 1. The van der Waals surface area contributed by atoms with Crippen LogP contribution in [0.4, 0.5) is 11.4 Å². The van der Waals surface area contributed by atoms with E-state index in [9.17, 15) is 19.7 Å². The first-order chi connectivity index (χ1) is 14.7. The van der Waals surface area contributed by atoms with Crippen LogP contribution in [0, 0.1) is 24.0 Å². The Morgan fingerprint density at radius 1 is 1.13 bits per heavy atom. The fraction of sp³-hybridized carbons (Fsp3) is 0.136. The average molecular weight is 420 g/mol. The molecule has 0 bridgehead atoms. The number of rotatable bonds is 6. The molecule has 0 radical (unpaired) electrons. The Kier molecular flexibility index (Phi) is 6.25. The van der Waals surface area contributed by atoms with Crippen molar-refractivity contribution in [3.05, 3.63) is 81.1 Å². The smallest absolute Gasteiger partial charge is 0.273 e. The summed E-state index contributed by atoms with van der Waals surface area (Å²) in [7, 11) is 0. The number of nitro benzene ring substituents is 1. The summed E-state index contributed by atoms with van der Waals surface area (Å²) in [5.74, 6) is 0.114. The molecule has 2 N–H and O–H groups in total. The molecule has 158 valence electrons. The number of benzene rings is 2. The molecule has 1 aromatic heterocycles. The van der Waals surface area contributed by atoms with Crippen LogP contribution in [0.1, 0.15) is 34.2 Å². The molecule has 3 rings (SSSR count). The lowest BCUT2D eigenvalue weighted by molar-refractivity contribution is -0.385. The highest BCUT2D eigenvalue weighted by Crippen LogP contribution is 2.30. The van der Waals surface area contributed by atoms with E-state index in [-0.39, 0.29) is 11.6 Å². The summed E-state index contributed by atoms with van der Waals surface area (Å²) in [5, 5.41) is 17.7. The van der Waals surface area contributed by atoms with Crippen molar-refractivity contribution in [2.75, 3.05) is 5.32 Å². The summed E-state index contributed by atoms with van der Waals surface area (Å²) in [6, 6.07) is 13.0. The first-order valence-electron chi connectivity index (χ1n) is 9.31. The number of aryl methyl sites for hydroxylation is 1. The Bertz CT molecular complexity index is 1200. The van der Waals surface area contributed by atoms with Crippen LogP contribution in [0.2, 0.25) is 0 Å². The highest BCUT2D eigenvalue weighted by molar-refractivity contribution is 5.97. The highest BCUT2D eigenvalue weighted by Gasteiger charge is 2.16. The number of hydrogen-bond donors (Lipinski definition) is 2. The summed E-state index contributed by atoms with van der Waals surface area (Å²) >= 11 is 0. The van der Waals surface area contributed by atoms with Crippen molar-refractivity contribution in [2.45, 2.75) is 20.8 Å². The van der Waals surface area contributed by atoms with Crippen LogP contribution in [0.5, 0.6) is 0 Å². The van der Waals surface area contributed by atoms with Crippen molar-refractivity contribution in [1.82, 2.24) is 5.43 Å². The van der Waals surface area contributed by atoms with Crippen LogP contribution >= 0.6 is 0 Å². The molecule has 3 aromatic rings. The van der Waals surface area contributed by atoms with E-state index in [0.717, 1.165) is 5.56 Å². The second-order valence-corrected chi connectivity index (χ2v) is 6.86. The van der Waals surface area contributed by atoms with Gasteiger partial charge in [0.15, 0.2) is 0 Å².